The molecule has 0 unspecified atom stereocenters. The molecule has 0 N–H and O–H groups in total. The third-order valence-corrected chi connectivity index (χ3v) is 3.19. The summed E-state index contributed by atoms with van der Waals surface area (Å²) in [4.78, 5) is 1.46. The first-order chi connectivity index (χ1) is 5.42. The standard InChI is InChI=1S/C9H12OS/c1-2-8-9-7(3-5-10-8)4-6-11-9/h4,6,8H,2-3,5H2,1H3/t8-/m1/s1. The number of hydrogen-bond acceptors (Lipinski definition) is 2. The summed E-state index contributed by atoms with van der Waals surface area (Å²) in [6, 6.07) is 2.23. The van der Waals surface area contributed by atoms with Gasteiger partial charge >= 0.3 is 0 Å². The molecule has 2 heteroatoms. The highest BCUT2D eigenvalue weighted by atomic mass is 32.1. The van der Waals surface area contributed by atoms with E-state index in [2.05, 4.69) is 18.4 Å². The van der Waals surface area contributed by atoms with E-state index in [1.807, 2.05) is 11.3 Å². The molecular weight excluding hydrogens is 156 g/mol. The first kappa shape index (κ1) is 7.32. The molecule has 1 aromatic rings. The van der Waals surface area contributed by atoms with Crippen molar-refractivity contribution in [2.75, 3.05) is 6.61 Å². The van der Waals surface area contributed by atoms with Crippen molar-refractivity contribution in [3.05, 3.63) is 21.9 Å². The van der Waals surface area contributed by atoms with Crippen molar-refractivity contribution in [3.8, 4) is 0 Å². The van der Waals surface area contributed by atoms with Crippen molar-refractivity contribution in [3.63, 3.8) is 0 Å². The van der Waals surface area contributed by atoms with Crippen molar-refractivity contribution < 1.29 is 4.74 Å². The summed E-state index contributed by atoms with van der Waals surface area (Å²) >= 11 is 1.83. The molecule has 0 bridgehead atoms. The Labute approximate surface area is 71.0 Å². The zero-order valence-corrected chi connectivity index (χ0v) is 7.49. The predicted octanol–water partition coefficient (Wildman–Crippen LogP) is 2.77. The lowest BCUT2D eigenvalue weighted by Gasteiger charge is -2.21. The Morgan fingerprint density at radius 1 is 1.73 bits per heavy atom. The van der Waals surface area contributed by atoms with Gasteiger partial charge in [0.1, 0.15) is 0 Å². The minimum Gasteiger partial charge on any atom is -0.372 e. The number of rotatable bonds is 1. The molecule has 2 rings (SSSR count). The van der Waals surface area contributed by atoms with Gasteiger partial charge in [-0.05, 0) is 29.9 Å². The molecule has 0 saturated heterocycles. The molecule has 0 aromatic carbocycles. The number of thiophene rings is 1. The molecule has 1 atom stereocenters. The Balaban J connectivity index is 2.32. The van der Waals surface area contributed by atoms with Crippen LogP contribution in [0.5, 0.6) is 0 Å². The Kier molecular flexibility index (Phi) is 1.96. The molecule has 2 heterocycles. The van der Waals surface area contributed by atoms with Crippen LogP contribution in [-0.2, 0) is 11.2 Å². The van der Waals surface area contributed by atoms with E-state index in [0.717, 1.165) is 19.4 Å². The first-order valence-corrected chi connectivity index (χ1v) is 4.97. The average Bonchev–Trinajstić information content (AvgIpc) is 2.50. The van der Waals surface area contributed by atoms with E-state index in [0.29, 0.717) is 6.10 Å². The van der Waals surface area contributed by atoms with E-state index < -0.39 is 0 Å². The van der Waals surface area contributed by atoms with Crippen LogP contribution in [0.1, 0.15) is 29.9 Å². The average molecular weight is 168 g/mol. The molecule has 1 aliphatic heterocycles. The highest BCUT2D eigenvalue weighted by Gasteiger charge is 2.19. The van der Waals surface area contributed by atoms with Gasteiger partial charge in [0, 0.05) is 4.88 Å². The molecule has 0 fully saturated rings. The van der Waals surface area contributed by atoms with Gasteiger partial charge in [0.15, 0.2) is 0 Å². The van der Waals surface area contributed by atoms with Crippen LogP contribution in [0.15, 0.2) is 11.4 Å². The smallest absolute Gasteiger partial charge is 0.0917 e. The molecule has 1 nitrogen and oxygen atoms in total. The number of ether oxygens (including phenoxy) is 1. The van der Waals surface area contributed by atoms with Crippen molar-refractivity contribution in [1.82, 2.24) is 0 Å². The van der Waals surface area contributed by atoms with Crippen LogP contribution >= 0.6 is 11.3 Å². The number of fused-ring (bicyclic) bond motifs is 1. The van der Waals surface area contributed by atoms with Gasteiger partial charge in [-0.3, -0.25) is 0 Å². The Bertz CT molecular complexity index is 241. The SMILES string of the molecule is CC[C@H]1OCCc2ccsc21. The minimum absolute atomic E-state index is 0.388. The third kappa shape index (κ3) is 1.21. The molecular formula is C9H12OS. The monoisotopic (exact) mass is 168 g/mol. The fraction of sp³-hybridized carbons (Fsp3) is 0.556. The van der Waals surface area contributed by atoms with Crippen LogP contribution in [0.2, 0.25) is 0 Å². The summed E-state index contributed by atoms with van der Waals surface area (Å²) in [5.74, 6) is 0. The highest BCUT2D eigenvalue weighted by Crippen LogP contribution is 2.33. The van der Waals surface area contributed by atoms with Gasteiger partial charge in [-0.25, -0.2) is 0 Å². The minimum atomic E-state index is 0.388. The Morgan fingerprint density at radius 2 is 2.64 bits per heavy atom. The van der Waals surface area contributed by atoms with Crippen LogP contribution in [0.25, 0.3) is 0 Å². The molecule has 1 aromatic heterocycles. The highest BCUT2D eigenvalue weighted by molar-refractivity contribution is 7.10. The molecule has 0 aliphatic carbocycles. The molecule has 0 amide bonds. The Hall–Kier alpha value is -0.340. The summed E-state index contributed by atoms with van der Waals surface area (Å²) in [6.45, 7) is 3.09. The van der Waals surface area contributed by atoms with Crippen molar-refractivity contribution in [2.24, 2.45) is 0 Å². The largest absolute Gasteiger partial charge is 0.372 e. The van der Waals surface area contributed by atoms with Crippen LogP contribution in [-0.4, -0.2) is 6.61 Å². The zero-order chi connectivity index (χ0) is 7.68. The van der Waals surface area contributed by atoms with Gasteiger partial charge in [-0.15, -0.1) is 11.3 Å². The van der Waals surface area contributed by atoms with E-state index >= 15 is 0 Å². The first-order valence-electron chi connectivity index (χ1n) is 4.09. The molecule has 1 aliphatic rings. The van der Waals surface area contributed by atoms with E-state index in [9.17, 15) is 0 Å². The fourth-order valence-corrected chi connectivity index (χ4v) is 2.61. The molecule has 11 heavy (non-hydrogen) atoms. The maximum Gasteiger partial charge on any atom is 0.0917 e. The van der Waals surface area contributed by atoms with Crippen LogP contribution < -0.4 is 0 Å². The lowest BCUT2D eigenvalue weighted by Crippen LogP contribution is -2.12. The van der Waals surface area contributed by atoms with Crippen molar-refractivity contribution >= 4 is 11.3 Å². The predicted molar refractivity (Wildman–Crippen MR) is 47.0 cm³/mol. The lowest BCUT2D eigenvalue weighted by atomic mass is 10.1. The third-order valence-electron chi connectivity index (χ3n) is 2.13. The van der Waals surface area contributed by atoms with E-state index in [4.69, 9.17) is 4.74 Å². The van der Waals surface area contributed by atoms with Gasteiger partial charge in [0.05, 0.1) is 12.7 Å². The molecule has 0 radical (unpaired) electrons. The quantitative estimate of drug-likeness (QED) is 0.626. The van der Waals surface area contributed by atoms with Crippen LogP contribution in [0.4, 0.5) is 0 Å². The summed E-state index contributed by atoms with van der Waals surface area (Å²) < 4.78 is 5.62. The number of hydrogen-bond donors (Lipinski definition) is 0. The van der Waals surface area contributed by atoms with Crippen LogP contribution in [0.3, 0.4) is 0 Å². The van der Waals surface area contributed by atoms with Crippen LogP contribution in [0, 0.1) is 0 Å². The molecule has 0 saturated carbocycles. The maximum absolute atomic E-state index is 5.62. The second-order valence-electron chi connectivity index (χ2n) is 2.83. The van der Waals surface area contributed by atoms with E-state index in [-0.39, 0.29) is 0 Å². The van der Waals surface area contributed by atoms with E-state index in [1.165, 1.54) is 10.4 Å². The summed E-state index contributed by atoms with van der Waals surface area (Å²) in [6.07, 6.45) is 2.60. The Morgan fingerprint density at radius 3 is 3.45 bits per heavy atom. The second-order valence-corrected chi connectivity index (χ2v) is 3.78. The fourth-order valence-electron chi connectivity index (χ4n) is 1.53. The summed E-state index contributed by atoms with van der Waals surface area (Å²) in [7, 11) is 0. The van der Waals surface area contributed by atoms with Crippen molar-refractivity contribution in [1.29, 1.82) is 0 Å². The van der Waals surface area contributed by atoms with E-state index in [1.54, 1.807) is 0 Å². The molecule has 60 valence electrons. The van der Waals surface area contributed by atoms with Gasteiger partial charge in [-0.2, -0.15) is 0 Å². The second kappa shape index (κ2) is 2.95. The van der Waals surface area contributed by atoms with Crippen molar-refractivity contribution in [2.45, 2.75) is 25.9 Å². The van der Waals surface area contributed by atoms with Gasteiger partial charge < -0.3 is 4.74 Å². The van der Waals surface area contributed by atoms with Gasteiger partial charge in [0.25, 0.3) is 0 Å². The van der Waals surface area contributed by atoms with Gasteiger partial charge in [0.2, 0.25) is 0 Å². The zero-order valence-electron chi connectivity index (χ0n) is 6.67. The normalized spacial score (nSPS) is 23.2. The van der Waals surface area contributed by atoms with Gasteiger partial charge in [-0.1, -0.05) is 6.92 Å². The molecule has 0 spiro atoms. The topological polar surface area (TPSA) is 9.23 Å². The summed E-state index contributed by atoms with van der Waals surface area (Å²) in [5.41, 5.74) is 1.51. The maximum atomic E-state index is 5.62. The summed E-state index contributed by atoms with van der Waals surface area (Å²) in [5, 5.41) is 2.17. The lowest BCUT2D eigenvalue weighted by molar-refractivity contribution is 0.0430.